The summed E-state index contributed by atoms with van der Waals surface area (Å²) < 4.78 is 5.23. The van der Waals surface area contributed by atoms with Gasteiger partial charge in [-0.25, -0.2) is 0 Å². The first-order valence-electron chi connectivity index (χ1n) is 9.89. The minimum atomic E-state index is -0.960. The molecule has 0 aliphatic carbocycles. The first-order chi connectivity index (χ1) is 13.4. The summed E-state index contributed by atoms with van der Waals surface area (Å²) >= 11 is 0. The van der Waals surface area contributed by atoms with Crippen LogP contribution in [-0.4, -0.2) is 41.8 Å². The summed E-state index contributed by atoms with van der Waals surface area (Å²) in [5, 5.41) is 13.4. The van der Waals surface area contributed by atoms with Crippen molar-refractivity contribution in [3.63, 3.8) is 0 Å². The van der Waals surface area contributed by atoms with E-state index in [-0.39, 0.29) is 0 Å². The lowest BCUT2D eigenvalue weighted by Crippen LogP contribution is -2.41. The van der Waals surface area contributed by atoms with Crippen LogP contribution in [-0.2, 0) is 6.54 Å². The summed E-state index contributed by atoms with van der Waals surface area (Å²) in [5.74, 6) is 6.76. The van der Waals surface area contributed by atoms with Crippen LogP contribution in [0, 0.1) is 11.8 Å². The zero-order valence-electron chi connectivity index (χ0n) is 17.0. The van der Waals surface area contributed by atoms with E-state index in [9.17, 15) is 5.11 Å². The number of ether oxygens (including phenoxy) is 1. The Kier molecular flexibility index (Phi) is 6.61. The van der Waals surface area contributed by atoms with E-state index in [1.165, 1.54) is 18.4 Å². The van der Waals surface area contributed by atoms with Crippen LogP contribution >= 0.6 is 0 Å². The highest BCUT2D eigenvalue weighted by molar-refractivity contribution is 5.47. The minimum Gasteiger partial charge on any atom is -0.497 e. The third kappa shape index (κ3) is 6.30. The standard InChI is InChI=1S/C24H30N2O2/c1-24(2,27)15-14-19-6-8-20(9-7-19)17-26-16-4-5-22(18-26)25-21-10-12-23(28-3)13-11-21/h6-13,22,25,27H,4-5,16-18H2,1-3H3. The van der Waals surface area contributed by atoms with Crippen molar-refractivity contribution in [3.05, 3.63) is 59.7 Å². The van der Waals surface area contributed by atoms with Crippen LogP contribution in [0.4, 0.5) is 5.69 Å². The summed E-state index contributed by atoms with van der Waals surface area (Å²) in [7, 11) is 1.69. The molecule has 0 aromatic heterocycles. The molecule has 4 heteroatoms. The molecule has 1 unspecified atom stereocenters. The second-order valence-corrected chi connectivity index (χ2v) is 7.95. The molecule has 4 nitrogen and oxygen atoms in total. The maximum absolute atomic E-state index is 9.71. The van der Waals surface area contributed by atoms with Crippen molar-refractivity contribution < 1.29 is 9.84 Å². The van der Waals surface area contributed by atoms with E-state index < -0.39 is 5.60 Å². The Morgan fingerprint density at radius 1 is 1.14 bits per heavy atom. The zero-order valence-corrected chi connectivity index (χ0v) is 17.0. The van der Waals surface area contributed by atoms with E-state index in [2.05, 4.69) is 46.3 Å². The number of anilines is 1. The van der Waals surface area contributed by atoms with Crippen LogP contribution in [0.1, 0.15) is 37.8 Å². The fourth-order valence-corrected chi connectivity index (χ4v) is 3.42. The molecular weight excluding hydrogens is 348 g/mol. The highest BCUT2D eigenvalue weighted by atomic mass is 16.5. The van der Waals surface area contributed by atoms with Crippen molar-refractivity contribution in [3.8, 4) is 17.6 Å². The monoisotopic (exact) mass is 378 g/mol. The molecule has 148 valence electrons. The molecule has 0 radical (unpaired) electrons. The lowest BCUT2D eigenvalue weighted by Gasteiger charge is -2.33. The molecule has 0 bridgehead atoms. The number of nitrogens with one attached hydrogen (secondary N) is 1. The molecular formula is C24H30N2O2. The van der Waals surface area contributed by atoms with Gasteiger partial charge in [0, 0.05) is 30.4 Å². The van der Waals surface area contributed by atoms with Gasteiger partial charge in [-0.05, 0) is 75.2 Å². The molecule has 0 saturated carbocycles. The number of hydrogen-bond acceptors (Lipinski definition) is 4. The first kappa shape index (κ1) is 20.3. The summed E-state index contributed by atoms with van der Waals surface area (Å²) in [4.78, 5) is 2.50. The topological polar surface area (TPSA) is 44.7 Å². The second kappa shape index (κ2) is 9.14. The average molecular weight is 379 g/mol. The Morgan fingerprint density at radius 3 is 2.50 bits per heavy atom. The van der Waals surface area contributed by atoms with Gasteiger partial charge in [0.2, 0.25) is 0 Å². The van der Waals surface area contributed by atoms with Gasteiger partial charge in [-0.2, -0.15) is 0 Å². The maximum Gasteiger partial charge on any atom is 0.120 e. The van der Waals surface area contributed by atoms with E-state index in [0.717, 1.165) is 36.6 Å². The number of piperidine rings is 1. The molecule has 0 amide bonds. The number of nitrogens with zero attached hydrogens (tertiary/aromatic N) is 1. The van der Waals surface area contributed by atoms with Crippen LogP contribution in [0.2, 0.25) is 0 Å². The molecule has 0 spiro atoms. The van der Waals surface area contributed by atoms with Crippen LogP contribution in [0.3, 0.4) is 0 Å². The molecule has 3 rings (SSSR count). The first-order valence-corrected chi connectivity index (χ1v) is 9.89. The Balaban J connectivity index is 1.54. The van der Waals surface area contributed by atoms with Gasteiger partial charge in [0.1, 0.15) is 11.4 Å². The van der Waals surface area contributed by atoms with Crippen molar-refractivity contribution in [2.24, 2.45) is 0 Å². The van der Waals surface area contributed by atoms with E-state index in [1.807, 2.05) is 24.3 Å². The van der Waals surface area contributed by atoms with Crippen LogP contribution in [0.5, 0.6) is 5.75 Å². The predicted octanol–water partition coefficient (Wildman–Crippen LogP) is 3.89. The van der Waals surface area contributed by atoms with Crippen LogP contribution in [0.15, 0.2) is 48.5 Å². The molecule has 2 N–H and O–H groups in total. The quantitative estimate of drug-likeness (QED) is 0.775. The number of aliphatic hydroxyl groups is 1. The lowest BCUT2D eigenvalue weighted by atomic mass is 10.0. The Bertz CT molecular complexity index is 811. The minimum absolute atomic E-state index is 0.457. The van der Waals surface area contributed by atoms with E-state index in [4.69, 9.17) is 4.74 Å². The third-order valence-corrected chi connectivity index (χ3v) is 4.84. The van der Waals surface area contributed by atoms with Gasteiger partial charge in [-0.3, -0.25) is 4.90 Å². The van der Waals surface area contributed by atoms with Crippen molar-refractivity contribution >= 4 is 5.69 Å². The summed E-state index contributed by atoms with van der Waals surface area (Å²) in [6, 6.07) is 16.9. The van der Waals surface area contributed by atoms with Crippen molar-refractivity contribution in [2.45, 2.75) is 44.9 Å². The fraction of sp³-hybridized carbons (Fsp3) is 0.417. The van der Waals surface area contributed by atoms with E-state index in [0.29, 0.717) is 6.04 Å². The van der Waals surface area contributed by atoms with Gasteiger partial charge in [0.25, 0.3) is 0 Å². The number of rotatable bonds is 5. The Hall–Kier alpha value is -2.48. The molecule has 1 atom stereocenters. The van der Waals surface area contributed by atoms with Crippen LogP contribution < -0.4 is 10.1 Å². The Labute approximate surface area is 168 Å². The van der Waals surface area contributed by atoms with Crippen molar-refractivity contribution in [2.75, 3.05) is 25.5 Å². The zero-order chi connectivity index (χ0) is 20.0. The Morgan fingerprint density at radius 2 is 1.86 bits per heavy atom. The second-order valence-electron chi connectivity index (χ2n) is 7.95. The molecule has 1 heterocycles. The molecule has 28 heavy (non-hydrogen) atoms. The van der Waals surface area contributed by atoms with Gasteiger partial charge in [-0.15, -0.1) is 0 Å². The molecule has 1 fully saturated rings. The van der Waals surface area contributed by atoms with Gasteiger partial charge < -0.3 is 15.2 Å². The lowest BCUT2D eigenvalue weighted by molar-refractivity contribution is 0.143. The molecule has 1 aliphatic rings. The van der Waals surface area contributed by atoms with E-state index in [1.54, 1.807) is 21.0 Å². The van der Waals surface area contributed by atoms with Gasteiger partial charge in [0.15, 0.2) is 0 Å². The summed E-state index contributed by atoms with van der Waals surface area (Å²) in [6.45, 7) is 6.50. The van der Waals surface area contributed by atoms with Gasteiger partial charge in [0.05, 0.1) is 7.11 Å². The number of likely N-dealkylation sites (tertiary alicyclic amines) is 1. The SMILES string of the molecule is COc1ccc(NC2CCCN(Cc3ccc(C#CC(C)(C)O)cc3)C2)cc1. The number of methoxy groups -OCH3 is 1. The van der Waals surface area contributed by atoms with Crippen molar-refractivity contribution in [1.82, 2.24) is 4.90 Å². The highest BCUT2D eigenvalue weighted by Crippen LogP contribution is 2.20. The smallest absolute Gasteiger partial charge is 0.120 e. The fourth-order valence-electron chi connectivity index (χ4n) is 3.42. The largest absolute Gasteiger partial charge is 0.497 e. The van der Waals surface area contributed by atoms with Gasteiger partial charge >= 0.3 is 0 Å². The summed E-state index contributed by atoms with van der Waals surface area (Å²) in [5.41, 5.74) is 2.41. The molecule has 2 aromatic rings. The van der Waals surface area contributed by atoms with E-state index >= 15 is 0 Å². The third-order valence-electron chi connectivity index (χ3n) is 4.84. The van der Waals surface area contributed by atoms with Crippen molar-refractivity contribution in [1.29, 1.82) is 0 Å². The number of hydrogen-bond donors (Lipinski definition) is 2. The molecule has 1 saturated heterocycles. The molecule has 2 aromatic carbocycles. The molecule has 1 aliphatic heterocycles. The number of benzene rings is 2. The average Bonchev–Trinajstić information content (AvgIpc) is 2.68. The maximum atomic E-state index is 9.71. The predicted molar refractivity (Wildman–Crippen MR) is 115 cm³/mol. The normalized spacial score (nSPS) is 17.5. The van der Waals surface area contributed by atoms with Crippen LogP contribution in [0.25, 0.3) is 0 Å². The highest BCUT2D eigenvalue weighted by Gasteiger charge is 2.19. The van der Waals surface area contributed by atoms with Gasteiger partial charge in [-0.1, -0.05) is 24.0 Å². The summed E-state index contributed by atoms with van der Waals surface area (Å²) in [6.07, 6.45) is 2.39.